The minimum atomic E-state index is -4.88. The number of alkyl halides is 3. The number of ether oxygens (including phenoxy) is 1. The Balaban J connectivity index is 0.00000529. The molecular formula is C30H37ClF3N5O4S. The van der Waals surface area contributed by atoms with Crippen LogP contribution in [0.25, 0.3) is 11.3 Å². The van der Waals surface area contributed by atoms with Crippen molar-refractivity contribution >= 4 is 40.5 Å². The van der Waals surface area contributed by atoms with Crippen molar-refractivity contribution in [1.82, 2.24) is 19.9 Å². The summed E-state index contributed by atoms with van der Waals surface area (Å²) in [5, 5.41) is 9.76. The molecule has 240 valence electrons. The van der Waals surface area contributed by atoms with Crippen molar-refractivity contribution in [3.8, 4) is 17.0 Å². The van der Waals surface area contributed by atoms with Crippen LogP contribution >= 0.6 is 22.9 Å². The quantitative estimate of drug-likeness (QED) is 0.192. The summed E-state index contributed by atoms with van der Waals surface area (Å²) in [7, 11) is 0. The van der Waals surface area contributed by atoms with Gasteiger partial charge >= 0.3 is 12.3 Å². The topological polar surface area (TPSA) is 109 Å². The average Bonchev–Trinajstić information content (AvgIpc) is 3.34. The molecule has 14 heteroatoms. The molecule has 0 aliphatic carbocycles. The van der Waals surface area contributed by atoms with Crippen molar-refractivity contribution in [1.29, 1.82) is 0 Å². The summed E-state index contributed by atoms with van der Waals surface area (Å²) in [4.78, 5) is 42.8. The van der Waals surface area contributed by atoms with Crippen LogP contribution in [-0.4, -0.2) is 69.3 Å². The first kappa shape index (κ1) is 35.2. The third kappa shape index (κ3) is 9.60. The number of Topliss-reactive ketones (excluding diaryl/α,β-unsaturated/α-hetero) is 1. The van der Waals surface area contributed by atoms with Crippen LogP contribution in [0.15, 0.2) is 30.6 Å². The van der Waals surface area contributed by atoms with Gasteiger partial charge in [-0.1, -0.05) is 32.9 Å². The Morgan fingerprint density at radius 3 is 2.36 bits per heavy atom. The summed E-state index contributed by atoms with van der Waals surface area (Å²) in [5.74, 6) is -1.35. The Bertz CT molecular complexity index is 1410. The summed E-state index contributed by atoms with van der Waals surface area (Å²) < 4.78 is 43.0. The highest BCUT2D eigenvalue weighted by Crippen LogP contribution is 2.36. The van der Waals surface area contributed by atoms with Crippen LogP contribution in [0, 0.1) is 5.92 Å². The molecule has 0 radical (unpaired) electrons. The van der Waals surface area contributed by atoms with Crippen LogP contribution < -0.4 is 9.64 Å². The maximum atomic E-state index is 13.2. The van der Waals surface area contributed by atoms with Gasteiger partial charge in [-0.15, -0.1) is 24.5 Å². The van der Waals surface area contributed by atoms with Crippen LogP contribution in [0.4, 0.5) is 19.0 Å². The predicted molar refractivity (Wildman–Crippen MR) is 164 cm³/mol. The lowest BCUT2D eigenvalue weighted by Gasteiger charge is -2.30. The number of carbonyl (C=O) groups is 2. The first-order valence-electron chi connectivity index (χ1n) is 14.1. The third-order valence-electron chi connectivity index (χ3n) is 6.97. The van der Waals surface area contributed by atoms with Gasteiger partial charge in [-0.2, -0.15) is 0 Å². The zero-order valence-corrected chi connectivity index (χ0v) is 25.4. The van der Waals surface area contributed by atoms with Gasteiger partial charge in [0.1, 0.15) is 22.3 Å². The molecule has 9 nitrogen and oxygen atoms in total. The number of nitrogens with zero attached hydrogens (tertiary/aromatic N) is 5. The van der Waals surface area contributed by atoms with Crippen molar-refractivity contribution in [3.05, 3.63) is 51.2 Å². The van der Waals surface area contributed by atoms with Gasteiger partial charge in [0.2, 0.25) is 0 Å². The lowest BCUT2D eigenvalue weighted by atomic mass is 9.97. The van der Waals surface area contributed by atoms with E-state index in [0.717, 1.165) is 36.9 Å². The summed E-state index contributed by atoms with van der Waals surface area (Å²) in [6.07, 6.45) is 0.831. The minimum absolute atomic E-state index is 0. The average molecular weight is 656 g/mol. The van der Waals surface area contributed by atoms with Crippen molar-refractivity contribution in [2.45, 2.75) is 66.3 Å². The molecule has 0 atom stereocenters. The zero-order chi connectivity index (χ0) is 31.1. The van der Waals surface area contributed by atoms with E-state index in [1.54, 1.807) is 0 Å². The second kappa shape index (κ2) is 15.6. The van der Waals surface area contributed by atoms with Gasteiger partial charge in [0, 0.05) is 35.1 Å². The predicted octanol–water partition coefficient (Wildman–Crippen LogP) is 7.14. The molecule has 1 fully saturated rings. The van der Waals surface area contributed by atoms with E-state index in [2.05, 4.69) is 38.4 Å². The molecule has 0 amide bonds. The van der Waals surface area contributed by atoms with Crippen molar-refractivity contribution in [2.75, 3.05) is 31.1 Å². The normalized spacial score (nSPS) is 14.0. The Morgan fingerprint density at radius 2 is 1.80 bits per heavy atom. The number of benzene rings is 1. The largest absolute Gasteiger partial charge is 0.573 e. The second-order valence-electron chi connectivity index (χ2n) is 10.3. The SMILES string of the molecule is C.CCCN(CCC)Cc1sc(CC(=O)c2cnc(N3CCC(C(=O)O)CC3)cn2)nc1-c1cc(Cl)cc(OC(F)(F)F)c1. The number of carboxylic acid groups (broad SMARTS) is 1. The number of piperidine rings is 1. The highest BCUT2D eigenvalue weighted by Gasteiger charge is 2.32. The molecule has 1 saturated heterocycles. The highest BCUT2D eigenvalue weighted by molar-refractivity contribution is 7.12. The fourth-order valence-electron chi connectivity index (χ4n) is 5.02. The molecule has 0 saturated carbocycles. The van der Waals surface area contributed by atoms with Crippen LogP contribution in [0.1, 0.15) is 67.3 Å². The maximum Gasteiger partial charge on any atom is 0.573 e. The molecule has 0 spiro atoms. The van der Waals surface area contributed by atoms with Gasteiger partial charge in [-0.3, -0.25) is 14.5 Å². The number of aromatic nitrogens is 3. The summed E-state index contributed by atoms with van der Waals surface area (Å²) in [6, 6.07) is 3.87. The fraction of sp³-hybridized carbons (Fsp3) is 0.500. The van der Waals surface area contributed by atoms with Crippen LogP contribution in [-0.2, 0) is 17.8 Å². The number of hydrogen-bond acceptors (Lipinski definition) is 9. The zero-order valence-electron chi connectivity index (χ0n) is 23.9. The number of carbonyl (C=O) groups excluding carboxylic acids is 1. The Kier molecular flexibility index (Phi) is 12.5. The van der Waals surface area contributed by atoms with Crippen molar-refractivity contribution in [3.63, 3.8) is 0 Å². The van der Waals surface area contributed by atoms with Gasteiger partial charge in [-0.05, 0) is 57.0 Å². The molecule has 1 aliphatic rings. The number of thiazole rings is 1. The van der Waals surface area contributed by atoms with Gasteiger partial charge in [0.25, 0.3) is 0 Å². The molecule has 1 N–H and O–H groups in total. The number of ketones is 1. The van der Waals surface area contributed by atoms with Crippen molar-refractivity contribution < 1.29 is 32.6 Å². The van der Waals surface area contributed by atoms with Crippen LogP contribution in [0.3, 0.4) is 0 Å². The molecule has 1 aromatic carbocycles. The van der Waals surface area contributed by atoms with E-state index in [4.69, 9.17) is 11.6 Å². The Hall–Kier alpha value is -3.29. The standard InChI is InChI=1S/C29H33ClF3N5O4S.CH4/c1-3-7-37(8-4-2)17-24-27(19-11-20(30)13-21(12-19)42-29(31,32)33)36-26(43-24)14-23(39)22-15-35-25(16-34-22)38-9-5-18(6-10-38)28(40)41;/h11-13,15-16,18H,3-10,14,17H2,1-2H3,(H,40,41);1H4. The van der Waals surface area contributed by atoms with Crippen LogP contribution in [0.2, 0.25) is 5.02 Å². The molecule has 0 bridgehead atoms. The van der Waals surface area contributed by atoms with Crippen LogP contribution in [0.5, 0.6) is 5.75 Å². The van der Waals surface area contributed by atoms with E-state index < -0.39 is 18.1 Å². The third-order valence-corrected chi connectivity index (χ3v) is 8.23. The van der Waals surface area contributed by atoms with E-state index in [0.29, 0.717) is 54.6 Å². The number of hydrogen-bond donors (Lipinski definition) is 1. The number of rotatable bonds is 13. The van der Waals surface area contributed by atoms with E-state index in [1.807, 2.05) is 4.90 Å². The lowest BCUT2D eigenvalue weighted by molar-refractivity contribution is -0.274. The summed E-state index contributed by atoms with van der Waals surface area (Å²) in [6.45, 7) is 7.38. The molecule has 3 heterocycles. The summed E-state index contributed by atoms with van der Waals surface area (Å²) >= 11 is 7.49. The molecule has 1 aliphatic heterocycles. The highest BCUT2D eigenvalue weighted by atomic mass is 35.5. The van der Waals surface area contributed by atoms with Gasteiger partial charge < -0.3 is 14.7 Å². The second-order valence-corrected chi connectivity index (χ2v) is 11.9. The maximum absolute atomic E-state index is 13.2. The minimum Gasteiger partial charge on any atom is -0.481 e. The van der Waals surface area contributed by atoms with E-state index in [-0.39, 0.29) is 36.3 Å². The number of anilines is 1. The van der Waals surface area contributed by atoms with Gasteiger partial charge in [0.05, 0.1) is 30.4 Å². The number of aliphatic carboxylic acids is 1. The Morgan fingerprint density at radius 1 is 1.11 bits per heavy atom. The van der Waals surface area contributed by atoms with E-state index in [9.17, 15) is 27.9 Å². The number of halogens is 4. The smallest absolute Gasteiger partial charge is 0.481 e. The first-order chi connectivity index (χ1) is 20.5. The Labute approximate surface area is 264 Å². The fourth-order valence-corrected chi connectivity index (χ4v) is 6.38. The molecule has 44 heavy (non-hydrogen) atoms. The molecule has 3 aromatic rings. The molecule has 0 unspecified atom stereocenters. The lowest BCUT2D eigenvalue weighted by Crippen LogP contribution is -2.36. The van der Waals surface area contributed by atoms with Gasteiger partial charge in [-0.25, -0.2) is 15.0 Å². The summed E-state index contributed by atoms with van der Waals surface area (Å²) in [5.41, 5.74) is 0.968. The monoisotopic (exact) mass is 655 g/mol. The van der Waals surface area contributed by atoms with E-state index in [1.165, 1.54) is 35.9 Å². The van der Waals surface area contributed by atoms with Crippen molar-refractivity contribution in [2.24, 2.45) is 5.92 Å². The number of carboxylic acids is 1. The molecule has 2 aromatic heterocycles. The van der Waals surface area contributed by atoms with E-state index >= 15 is 0 Å². The molecule has 4 rings (SSSR count). The van der Waals surface area contributed by atoms with Gasteiger partial charge in [0.15, 0.2) is 5.78 Å². The molecular weight excluding hydrogens is 619 g/mol. The first-order valence-corrected chi connectivity index (χ1v) is 15.3.